The summed E-state index contributed by atoms with van der Waals surface area (Å²) < 4.78 is 15.2. The maximum atomic E-state index is 13.5. The molecule has 0 fully saturated rings. The predicted octanol–water partition coefficient (Wildman–Crippen LogP) is 3.02. The minimum Gasteiger partial charge on any atom is -0.379 e. The van der Waals surface area contributed by atoms with Crippen LogP contribution < -0.4 is 5.32 Å². The molecule has 1 aromatic carbocycles. The fourth-order valence-corrected chi connectivity index (χ4v) is 1.95. The molecular formula is C15H13FN4. The van der Waals surface area contributed by atoms with Gasteiger partial charge in [-0.15, -0.1) is 0 Å². The molecule has 0 unspecified atom stereocenters. The zero-order valence-corrected chi connectivity index (χ0v) is 10.7. The SMILES string of the molecule is Fc1cnccc1NCc1cccc(-n2cccn2)c1. The number of pyridine rings is 1. The van der Waals surface area contributed by atoms with Crippen molar-refractivity contribution in [2.24, 2.45) is 0 Å². The molecule has 0 atom stereocenters. The smallest absolute Gasteiger partial charge is 0.164 e. The molecule has 20 heavy (non-hydrogen) atoms. The molecule has 0 aliphatic heterocycles. The van der Waals surface area contributed by atoms with Crippen LogP contribution in [0.25, 0.3) is 5.69 Å². The van der Waals surface area contributed by atoms with Crippen LogP contribution in [-0.4, -0.2) is 14.8 Å². The fourth-order valence-electron chi connectivity index (χ4n) is 1.95. The molecule has 2 aromatic heterocycles. The molecular weight excluding hydrogens is 255 g/mol. The van der Waals surface area contributed by atoms with Crippen molar-refractivity contribution in [3.05, 3.63) is 72.6 Å². The van der Waals surface area contributed by atoms with Gasteiger partial charge in [-0.2, -0.15) is 5.10 Å². The van der Waals surface area contributed by atoms with Crippen molar-refractivity contribution in [3.63, 3.8) is 0 Å². The summed E-state index contributed by atoms with van der Waals surface area (Å²) in [5.74, 6) is -0.351. The molecule has 5 heteroatoms. The summed E-state index contributed by atoms with van der Waals surface area (Å²) in [6, 6.07) is 11.4. The van der Waals surface area contributed by atoms with Crippen molar-refractivity contribution in [2.75, 3.05) is 5.32 Å². The first-order valence-electron chi connectivity index (χ1n) is 6.25. The maximum Gasteiger partial charge on any atom is 0.164 e. The topological polar surface area (TPSA) is 42.7 Å². The number of nitrogens with zero attached hydrogens (tertiary/aromatic N) is 3. The Morgan fingerprint density at radius 1 is 1.15 bits per heavy atom. The standard InChI is InChI=1S/C15H13FN4/c16-14-11-17-7-5-15(14)18-10-12-3-1-4-13(9-12)20-8-2-6-19-20/h1-9,11H,10H2,(H,17,18). The van der Waals surface area contributed by atoms with E-state index in [1.807, 2.05) is 36.5 Å². The zero-order chi connectivity index (χ0) is 13.8. The lowest BCUT2D eigenvalue weighted by Gasteiger charge is -2.08. The molecule has 0 amide bonds. The van der Waals surface area contributed by atoms with Gasteiger partial charge < -0.3 is 5.32 Å². The Bertz CT molecular complexity index is 695. The van der Waals surface area contributed by atoms with Crippen molar-refractivity contribution < 1.29 is 4.39 Å². The highest BCUT2D eigenvalue weighted by Crippen LogP contribution is 2.14. The summed E-state index contributed by atoms with van der Waals surface area (Å²) >= 11 is 0. The summed E-state index contributed by atoms with van der Waals surface area (Å²) in [6.07, 6.45) is 6.38. The number of halogens is 1. The van der Waals surface area contributed by atoms with Crippen molar-refractivity contribution in [1.82, 2.24) is 14.8 Å². The third-order valence-electron chi connectivity index (χ3n) is 2.93. The first-order valence-corrected chi connectivity index (χ1v) is 6.25. The molecule has 2 heterocycles. The van der Waals surface area contributed by atoms with Gasteiger partial charge in [0.15, 0.2) is 5.82 Å². The molecule has 3 aromatic rings. The molecule has 0 aliphatic carbocycles. The highest BCUT2D eigenvalue weighted by molar-refractivity contribution is 5.44. The van der Waals surface area contributed by atoms with Gasteiger partial charge in [0.05, 0.1) is 17.6 Å². The Morgan fingerprint density at radius 3 is 2.90 bits per heavy atom. The lowest BCUT2D eigenvalue weighted by Crippen LogP contribution is -2.03. The lowest BCUT2D eigenvalue weighted by atomic mass is 10.2. The van der Waals surface area contributed by atoms with Crippen LogP contribution in [0.4, 0.5) is 10.1 Å². The van der Waals surface area contributed by atoms with Crippen molar-refractivity contribution in [2.45, 2.75) is 6.54 Å². The number of hydrogen-bond donors (Lipinski definition) is 1. The van der Waals surface area contributed by atoms with Crippen molar-refractivity contribution >= 4 is 5.69 Å². The van der Waals surface area contributed by atoms with E-state index in [2.05, 4.69) is 15.4 Å². The van der Waals surface area contributed by atoms with Gasteiger partial charge in [0.25, 0.3) is 0 Å². The minimum atomic E-state index is -0.351. The van der Waals surface area contributed by atoms with Crippen LogP contribution in [0.5, 0.6) is 0 Å². The van der Waals surface area contributed by atoms with Crippen LogP contribution in [-0.2, 0) is 6.54 Å². The number of aromatic nitrogens is 3. The highest BCUT2D eigenvalue weighted by atomic mass is 19.1. The van der Waals surface area contributed by atoms with E-state index >= 15 is 0 Å². The van der Waals surface area contributed by atoms with Crippen LogP contribution in [0.1, 0.15) is 5.56 Å². The normalized spacial score (nSPS) is 10.4. The van der Waals surface area contributed by atoms with E-state index in [9.17, 15) is 4.39 Å². The van der Waals surface area contributed by atoms with E-state index in [1.165, 1.54) is 6.20 Å². The molecule has 0 radical (unpaired) electrons. The summed E-state index contributed by atoms with van der Waals surface area (Å²) in [5, 5.41) is 7.25. The van der Waals surface area contributed by atoms with Gasteiger partial charge in [-0.3, -0.25) is 4.98 Å². The quantitative estimate of drug-likeness (QED) is 0.791. The van der Waals surface area contributed by atoms with Crippen LogP contribution in [0, 0.1) is 5.82 Å². The van der Waals surface area contributed by atoms with Gasteiger partial charge in [0.2, 0.25) is 0 Å². The van der Waals surface area contributed by atoms with Crippen LogP contribution >= 0.6 is 0 Å². The Balaban J connectivity index is 1.75. The number of nitrogens with one attached hydrogen (secondary N) is 1. The summed E-state index contributed by atoms with van der Waals surface area (Å²) in [5.41, 5.74) is 2.48. The van der Waals surface area contributed by atoms with E-state index < -0.39 is 0 Å². The second-order valence-electron chi connectivity index (χ2n) is 4.33. The second-order valence-corrected chi connectivity index (χ2v) is 4.33. The van der Waals surface area contributed by atoms with Crippen molar-refractivity contribution in [3.8, 4) is 5.69 Å². The minimum absolute atomic E-state index is 0.351. The Morgan fingerprint density at radius 2 is 2.10 bits per heavy atom. The number of benzene rings is 1. The summed E-state index contributed by atoms with van der Waals surface area (Å²) in [4.78, 5) is 3.72. The van der Waals surface area contributed by atoms with Gasteiger partial charge in [0, 0.05) is 25.1 Å². The van der Waals surface area contributed by atoms with Crippen molar-refractivity contribution in [1.29, 1.82) is 0 Å². The molecule has 0 spiro atoms. The number of rotatable bonds is 4. The Hall–Kier alpha value is -2.69. The van der Waals surface area contributed by atoms with Gasteiger partial charge in [-0.1, -0.05) is 12.1 Å². The molecule has 0 saturated carbocycles. The average Bonchev–Trinajstić information content (AvgIpc) is 3.01. The van der Waals surface area contributed by atoms with E-state index in [4.69, 9.17) is 0 Å². The van der Waals surface area contributed by atoms with E-state index in [0.717, 1.165) is 11.3 Å². The lowest BCUT2D eigenvalue weighted by molar-refractivity contribution is 0.624. The molecule has 0 saturated heterocycles. The van der Waals surface area contributed by atoms with E-state index in [0.29, 0.717) is 12.2 Å². The summed E-state index contributed by atoms with van der Waals surface area (Å²) in [6.45, 7) is 0.538. The van der Waals surface area contributed by atoms with Gasteiger partial charge >= 0.3 is 0 Å². The molecule has 0 bridgehead atoms. The molecule has 1 N–H and O–H groups in total. The van der Waals surface area contributed by atoms with Gasteiger partial charge in [-0.05, 0) is 29.8 Å². The largest absolute Gasteiger partial charge is 0.379 e. The Kier molecular flexibility index (Phi) is 3.41. The summed E-state index contributed by atoms with van der Waals surface area (Å²) in [7, 11) is 0. The monoisotopic (exact) mass is 268 g/mol. The van der Waals surface area contributed by atoms with Gasteiger partial charge in [0.1, 0.15) is 0 Å². The van der Waals surface area contributed by atoms with Crippen LogP contribution in [0.15, 0.2) is 61.2 Å². The average molecular weight is 268 g/mol. The van der Waals surface area contributed by atoms with E-state index in [-0.39, 0.29) is 5.82 Å². The number of anilines is 1. The highest BCUT2D eigenvalue weighted by Gasteiger charge is 2.02. The first-order chi connectivity index (χ1) is 9.83. The molecule has 4 nitrogen and oxygen atoms in total. The maximum absolute atomic E-state index is 13.5. The Labute approximate surface area is 115 Å². The zero-order valence-electron chi connectivity index (χ0n) is 10.7. The number of hydrogen-bond acceptors (Lipinski definition) is 3. The third-order valence-corrected chi connectivity index (χ3v) is 2.93. The molecule has 3 rings (SSSR count). The third kappa shape index (κ3) is 2.66. The second kappa shape index (κ2) is 5.52. The fraction of sp³-hybridized carbons (Fsp3) is 0.0667. The molecule has 0 aliphatic rings. The van der Waals surface area contributed by atoms with Crippen LogP contribution in [0.3, 0.4) is 0 Å². The van der Waals surface area contributed by atoms with Gasteiger partial charge in [-0.25, -0.2) is 9.07 Å². The first kappa shape index (κ1) is 12.3. The van der Waals surface area contributed by atoms with Crippen LogP contribution in [0.2, 0.25) is 0 Å². The molecule has 100 valence electrons. The van der Waals surface area contributed by atoms with E-state index in [1.54, 1.807) is 23.1 Å². The predicted molar refractivity (Wildman–Crippen MR) is 75.1 cm³/mol.